The Morgan fingerprint density at radius 2 is 1.27 bits per heavy atom. The molecule has 2 saturated carbocycles. The van der Waals surface area contributed by atoms with Gasteiger partial charge in [0, 0.05) is 19.6 Å². The molecule has 4 rings (SSSR count). The normalized spacial score (nSPS) is 34.5. The predicted molar refractivity (Wildman–Crippen MR) is 139 cm³/mol. The van der Waals surface area contributed by atoms with Crippen molar-refractivity contribution in [1.82, 2.24) is 5.32 Å². The number of nitrogens with one attached hydrogen (secondary N) is 1. The molecule has 2 unspecified atom stereocenters. The number of hydrogen-bond acceptors (Lipinski definition) is 3. The lowest BCUT2D eigenvalue weighted by Gasteiger charge is -2.50. The van der Waals surface area contributed by atoms with Crippen LogP contribution in [0.4, 0.5) is 0 Å². The van der Waals surface area contributed by atoms with Crippen molar-refractivity contribution in [3.63, 3.8) is 0 Å². The van der Waals surface area contributed by atoms with E-state index in [2.05, 4.69) is 5.32 Å². The first-order chi connectivity index (χ1) is 16.3. The van der Waals surface area contributed by atoms with E-state index in [1.165, 1.54) is 142 Å². The molecule has 0 bridgehead atoms. The summed E-state index contributed by atoms with van der Waals surface area (Å²) in [4.78, 5) is 0. The zero-order valence-electron chi connectivity index (χ0n) is 21.9. The first-order valence-corrected chi connectivity index (χ1v) is 15.2. The molecule has 0 aromatic rings. The molecule has 2 aliphatic carbocycles. The van der Waals surface area contributed by atoms with Gasteiger partial charge in [-0.15, -0.1) is 0 Å². The molecular formula is C30H55NO2. The standard InChI is InChI=1S/C30H55NO2/c1-2-6-10-14-27(15-11-7-3-1)24-31-21-18-29(28-16-12-8-4-5-9-13-17-28)19-23-33-30(25-29)20-22-32-26-30/h27-28,31H,1-26H2. The second kappa shape index (κ2) is 13.8. The molecule has 0 aromatic heterocycles. The first kappa shape index (κ1) is 26.0. The highest BCUT2D eigenvalue weighted by Crippen LogP contribution is 2.52. The van der Waals surface area contributed by atoms with Gasteiger partial charge < -0.3 is 14.8 Å². The molecule has 2 saturated heterocycles. The summed E-state index contributed by atoms with van der Waals surface area (Å²) in [6, 6.07) is 0. The van der Waals surface area contributed by atoms with Gasteiger partial charge in [-0.25, -0.2) is 0 Å². The third-order valence-electron chi connectivity index (χ3n) is 9.93. The lowest BCUT2D eigenvalue weighted by molar-refractivity contribution is -0.145. The molecule has 1 spiro atoms. The van der Waals surface area contributed by atoms with E-state index in [1.54, 1.807) is 0 Å². The highest BCUT2D eigenvalue weighted by Gasteiger charge is 2.50. The van der Waals surface area contributed by atoms with Crippen LogP contribution in [0.5, 0.6) is 0 Å². The summed E-state index contributed by atoms with van der Waals surface area (Å²) in [6.45, 7) is 5.18. The van der Waals surface area contributed by atoms with Gasteiger partial charge in [0.1, 0.15) is 0 Å². The Balaban J connectivity index is 1.34. The van der Waals surface area contributed by atoms with Crippen LogP contribution in [0.25, 0.3) is 0 Å². The van der Waals surface area contributed by atoms with Crippen LogP contribution in [0.1, 0.15) is 135 Å². The van der Waals surface area contributed by atoms with Gasteiger partial charge in [-0.05, 0) is 75.3 Å². The molecule has 4 fully saturated rings. The van der Waals surface area contributed by atoms with E-state index in [-0.39, 0.29) is 5.60 Å². The van der Waals surface area contributed by atoms with Gasteiger partial charge in [0.05, 0.1) is 12.2 Å². The van der Waals surface area contributed by atoms with Crippen LogP contribution < -0.4 is 5.32 Å². The van der Waals surface area contributed by atoms with Gasteiger partial charge >= 0.3 is 0 Å². The highest BCUT2D eigenvalue weighted by molar-refractivity contribution is 5.00. The van der Waals surface area contributed by atoms with E-state index < -0.39 is 0 Å². The third-order valence-corrected chi connectivity index (χ3v) is 9.93. The van der Waals surface area contributed by atoms with Gasteiger partial charge in [0.15, 0.2) is 0 Å². The molecule has 2 heterocycles. The average Bonchev–Trinajstić information content (AvgIpc) is 3.33. The van der Waals surface area contributed by atoms with Gasteiger partial charge in [0.2, 0.25) is 0 Å². The van der Waals surface area contributed by atoms with E-state index in [1.807, 2.05) is 0 Å². The highest BCUT2D eigenvalue weighted by atomic mass is 16.6. The Hall–Kier alpha value is -0.120. The Morgan fingerprint density at radius 1 is 0.667 bits per heavy atom. The van der Waals surface area contributed by atoms with E-state index in [0.717, 1.165) is 38.1 Å². The van der Waals surface area contributed by atoms with Gasteiger partial charge in [0.25, 0.3) is 0 Å². The molecule has 0 amide bonds. The first-order valence-electron chi connectivity index (χ1n) is 15.2. The number of rotatable bonds is 6. The fourth-order valence-electron chi connectivity index (χ4n) is 7.85. The zero-order chi connectivity index (χ0) is 22.7. The second-order valence-electron chi connectivity index (χ2n) is 12.4. The van der Waals surface area contributed by atoms with Gasteiger partial charge in [-0.2, -0.15) is 0 Å². The summed E-state index contributed by atoms with van der Waals surface area (Å²) in [5, 5.41) is 4.00. The van der Waals surface area contributed by atoms with Gasteiger partial charge in [-0.1, -0.05) is 83.5 Å². The summed E-state index contributed by atoms with van der Waals surface area (Å²) in [7, 11) is 0. The fraction of sp³-hybridized carbons (Fsp3) is 1.00. The summed E-state index contributed by atoms with van der Waals surface area (Å²) >= 11 is 0. The molecule has 2 atom stereocenters. The lowest BCUT2D eigenvalue weighted by atomic mass is 9.61. The summed E-state index contributed by atoms with van der Waals surface area (Å²) in [5.41, 5.74) is 0.507. The van der Waals surface area contributed by atoms with E-state index in [4.69, 9.17) is 9.47 Å². The molecule has 0 radical (unpaired) electrons. The van der Waals surface area contributed by atoms with Crippen molar-refractivity contribution in [3.05, 3.63) is 0 Å². The van der Waals surface area contributed by atoms with Crippen molar-refractivity contribution in [1.29, 1.82) is 0 Å². The second-order valence-corrected chi connectivity index (χ2v) is 12.4. The molecule has 4 aliphatic rings. The van der Waals surface area contributed by atoms with Crippen molar-refractivity contribution in [2.24, 2.45) is 17.3 Å². The van der Waals surface area contributed by atoms with E-state index >= 15 is 0 Å². The molecule has 0 aromatic carbocycles. The smallest absolute Gasteiger partial charge is 0.0942 e. The Bertz CT molecular complexity index is 511. The minimum Gasteiger partial charge on any atom is -0.378 e. The summed E-state index contributed by atoms with van der Waals surface area (Å²) in [5.74, 6) is 1.81. The fourth-order valence-corrected chi connectivity index (χ4v) is 7.85. The van der Waals surface area contributed by atoms with Crippen molar-refractivity contribution in [3.8, 4) is 0 Å². The minimum atomic E-state index is 0.0347. The minimum absolute atomic E-state index is 0.0347. The number of ether oxygens (including phenoxy) is 2. The van der Waals surface area contributed by atoms with Crippen LogP contribution in [-0.4, -0.2) is 38.5 Å². The van der Waals surface area contributed by atoms with Crippen LogP contribution in [0.2, 0.25) is 0 Å². The van der Waals surface area contributed by atoms with Crippen molar-refractivity contribution < 1.29 is 9.47 Å². The molecule has 192 valence electrons. The molecule has 3 nitrogen and oxygen atoms in total. The van der Waals surface area contributed by atoms with Gasteiger partial charge in [-0.3, -0.25) is 0 Å². The summed E-state index contributed by atoms with van der Waals surface area (Å²) < 4.78 is 12.3. The van der Waals surface area contributed by atoms with Crippen LogP contribution in [0.15, 0.2) is 0 Å². The average molecular weight is 462 g/mol. The summed E-state index contributed by atoms with van der Waals surface area (Å²) in [6.07, 6.45) is 29.8. The maximum absolute atomic E-state index is 6.46. The predicted octanol–water partition coefficient (Wildman–Crippen LogP) is 7.81. The van der Waals surface area contributed by atoms with Crippen LogP contribution in [-0.2, 0) is 9.47 Å². The van der Waals surface area contributed by atoms with E-state index in [0.29, 0.717) is 5.41 Å². The van der Waals surface area contributed by atoms with Crippen LogP contribution in [0, 0.1) is 17.3 Å². The number of hydrogen-bond donors (Lipinski definition) is 1. The maximum atomic E-state index is 6.46. The third kappa shape index (κ3) is 7.94. The largest absolute Gasteiger partial charge is 0.378 e. The van der Waals surface area contributed by atoms with Crippen molar-refractivity contribution >= 4 is 0 Å². The maximum Gasteiger partial charge on any atom is 0.0942 e. The Morgan fingerprint density at radius 3 is 1.88 bits per heavy atom. The molecule has 2 aliphatic heterocycles. The van der Waals surface area contributed by atoms with E-state index in [9.17, 15) is 0 Å². The quantitative estimate of drug-likeness (QED) is 0.409. The van der Waals surface area contributed by atoms with Crippen LogP contribution in [0.3, 0.4) is 0 Å². The monoisotopic (exact) mass is 461 g/mol. The SMILES string of the molecule is C1CCCCC(CNCCC2(C3CCCCCCCC3)CCOC3(CCOC3)C2)CCCC1. The van der Waals surface area contributed by atoms with Crippen molar-refractivity contribution in [2.75, 3.05) is 32.9 Å². The van der Waals surface area contributed by atoms with Crippen molar-refractivity contribution in [2.45, 2.75) is 140 Å². The Kier molecular flexibility index (Phi) is 10.9. The molecule has 33 heavy (non-hydrogen) atoms. The van der Waals surface area contributed by atoms with Crippen LogP contribution >= 0.6 is 0 Å². The topological polar surface area (TPSA) is 30.5 Å². The Labute approximate surface area is 205 Å². The molecule has 3 heteroatoms. The zero-order valence-corrected chi connectivity index (χ0v) is 21.9. The molecular weight excluding hydrogens is 406 g/mol. The lowest BCUT2D eigenvalue weighted by Crippen LogP contribution is -2.50. The molecule has 1 N–H and O–H groups in total.